The third kappa shape index (κ3) is 3.59. The summed E-state index contributed by atoms with van der Waals surface area (Å²) < 4.78 is 32.5. The van der Waals surface area contributed by atoms with Gasteiger partial charge in [-0.05, 0) is 23.8 Å². The molecule has 5 rings (SSSR count). The summed E-state index contributed by atoms with van der Waals surface area (Å²) in [5.41, 5.74) is 4.11. The number of hydrogen-bond acceptors (Lipinski definition) is 3. The van der Waals surface area contributed by atoms with Crippen molar-refractivity contribution < 1.29 is 18.3 Å². The first-order valence-corrected chi connectivity index (χ1v) is 10.2. The van der Waals surface area contributed by atoms with Crippen molar-refractivity contribution in [2.24, 2.45) is 0 Å². The van der Waals surface area contributed by atoms with Gasteiger partial charge < -0.3 is 14.6 Å². The van der Waals surface area contributed by atoms with Gasteiger partial charge in [-0.15, -0.1) is 0 Å². The zero-order valence-corrected chi connectivity index (χ0v) is 16.5. The SMILES string of the molecule is O=C(CN1CCOC(c2ccc(F)c(F)c2)C1)N1CCc2[nH]c3ccccc3c2C1. The third-order valence-electron chi connectivity index (χ3n) is 6.06. The van der Waals surface area contributed by atoms with Crippen LogP contribution in [0.1, 0.15) is 22.9 Å². The Morgan fingerprint density at radius 1 is 1.13 bits per heavy atom. The van der Waals surface area contributed by atoms with Crippen molar-refractivity contribution in [2.45, 2.75) is 19.1 Å². The molecule has 156 valence electrons. The van der Waals surface area contributed by atoms with Crippen molar-refractivity contribution in [3.63, 3.8) is 0 Å². The Kier molecular flexibility index (Phi) is 5.00. The summed E-state index contributed by atoms with van der Waals surface area (Å²) >= 11 is 0. The van der Waals surface area contributed by atoms with Gasteiger partial charge in [-0.2, -0.15) is 0 Å². The molecule has 1 amide bonds. The van der Waals surface area contributed by atoms with Gasteiger partial charge in [0, 0.05) is 54.8 Å². The normalized spacial score (nSPS) is 19.8. The van der Waals surface area contributed by atoms with Crippen molar-refractivity contribution in [1.29, 1.82) is 0 Å². The number of para-hydroxylation sites is 1. The largest absolute Gasteiger partial charge is 0.371 e. The smallest absolute Gasteiger partial charge is 0.237 e. The minimum atomic E-state index is -0.882. The van der Waals surface area contributed by atoms with Crippen molar-refractivity contribution in [1.82, 2.24) is 14.8 Å². The number of ether oxygens (including phenoxy) is 1. The van der Waals surface area contributed by atoms with Gasteiger partial charge in [0.25, 0.3) is 0 Å². The number of carbonyl (C=O) groups is 1. The lowest BCUT2D eigenvalue weighted by Crippen LogP contribution is -2.46. The number of hydrogen-bond donors (Lipinski definition) is 1. The second-order valence-electron chi connectivity index (χ2n) is 7.96. The molecule has 2 aromatic carbocycles. The Bertz CT molecular complexity index is 1100. The number of morpholine rings is 1. The maximum Gasteiger partial charge on any atom is 0.237 e. The summed E-state index contributed by atoms with van der Waals surface area (Å²) in [6.45, 7) is 3.15. The van der Waals surface area contributed by atoms with Crippen LogP contribution in [0.4, 0.5) is 8.78 Å². The average Bonchev–Trinajstić information content (AvgIpc) is 3.14. The number of aromatic amines is 1. The highest BCUT2D eigenvalue weighted by atomic mass is 19.2. The molecule has 0 bridgehead atoms. The van der Waals surface area contributed by atoms with Crippen LogP contribution in [0, 0.1) is 11.6 Å². The van der Waals surface area contributed by atoms with Crippen LogP contribution in [0.3, 0.4) is 0 Å². The van der Waals surface area contributed by atoms with Crippen LogP contribution >= 0.6 is 0 Å². The van der Waals surface area contributed by atoms with E-state index in [0.717, 1.165) is 18.0 Å². The lowest BCUT2D eigenvalue weighted by atomic mass is 10.0. The van der Waals surface area contributed by atoms with Crippen LogP contribution < -0.4 is 0 Å². The molecule has 5 nitrogen and oxygen atoms in total. The predicted octanol–water partition coefficient (Wildman–Crippen LogP) is 3.40. The molecule has 1 atom stereocenters. The van der Waals surface area contributed by atoms with Gasteiger partial charge in [0.1, 0.15) is 0 Å². The Morgan fingerprint density at radius 2 is 2.00 bits per heavy atom. The Labute approximate surface area is 173 Å². The molecule has 3 heterocycles. The summed E-state index contributed by atoms with van der Waals surface area (Å²) in [5.74, 6) is -1.67. The van der Waals surface area contributed by atoms with Crippen molar-refractivity contribution in [3.05, 3.63) is 70.9 Å². The van der Waals surface area contributed by atoms with Crippen LogP contribution in [0.2, 0.25) is 0 Å². The number of rotatable bonds is 3. The van der Waals surface area contributed by atoms with Crippen molar-refractivity contribution >= 4 is 16.8 Å². The Balaban J connectivity index is 1.25. The molecule has 1 aromatic heterocycles. The number of amides is 1. The summed E-state index contributed by atoms with van der Waals surface area (Å²) in [4.78, 5) is 20.4. The van der Waals surface area contributed by atoms with Crippen LogP contribution in [-0.4, -0.2) is 53.5 Å². The van der Waals surface area contributed by atoms with Gasteiger partial charge in [0.05, 0.1) is 19.3 Å². The first-order valence-electron chi connectivity index (χ1n) is 10.2. The van der Waals surface area contributed by atoms with Crippen LogP contribution in [-0.2, 0) is 22.5 Å². The Hall–Kier alpha value is -2.77. The molecule has 1 unspecified atom stereocenters. The van der Waals surface area contributed by atoms with Gasteiger partial charge in [0.15, 0.2) is 11.6 Å². The van der Waals surface area contributed by atoms with Crippen LogP contribution in [0.25, 0.3) is 10.9 Å². The monoisotopic (exact) mass is 411 g/mol. The number of aromatic nitrogens is 1. The van der Waals surface area contributed by atoms with E-state index in [-0.39, 0.29) is 12.0 Å². The fraction of sp³-hybridized carbons (Fsp3) is 0.348. The first-order chi connectivity index (χ1) is 14.6. The molecule has 2 aliphatic heterocycles. The maximum atomic E-state index is 13.6. The molecule has 3 aromatic rings. The van der Waals surface area contributed by atoms with E-state index >= 15 is 0 Å². The lowest BCUT2D eigenvalue weighted by molar-refractivity contribution is -0.135. The van der Waals surface area contributed by atoms with E-state index in [1.54, 1.807) is 0 Å². The summed E-state index contributed by atoms with van der Waals surface area (Å²) in [6.07, 6.45) is 0.444. The molecule has 0 saturated carbocycles. The maximum absolute atomic E-state index is 13.6. The van der Waals surface area contributed by atoms with Crippen LogP contribution in [0.5, 0.6) is 0 Å². The fourth-order valence-corrected chi connectivity index (χ4v) is 4.43. The van der Waals surface area contributed by atoms with Crippen molar-refractivity contribution in [2.75, 3.05) is 32.8 Å². The van der Waals surface area contributed by atoms with Gasteiger partial charge in [-0.1, -0.05) is 24.3 Å². The number of carbonyl (C=O) groups excluding carboxylic acids is 1. The highest BCUT2D eigenvalue weighted by molar-refractivity contribution is 5.86. The number of fused-ring (bicyclic) bond motifs is 3. The predicted molar refractivity (Wildman–Crippen MR) is 109 cm³/mol. The molecular formula is C23H23F2N3O2. The number of nitrogens with zero attached hydrogens (tertiary/aromatic N) is 2. The lowest BCUT2D eigenvalue weighted by Gasteiger charge is -2.35. The molecule has 0 spiro atoms. The molecule has 1 saturated heterocycles. The zero-order valence-electron chi connectivity index (χ0n) is 16.5. The van der Waals surface area contributed by atoms with E-state index in [9.17, 15) is 13.6 Å². The fourth-order valence-electron chi connectivity index (χ4n) is 4.43. The van der Waals surface area contributed by atoms with Gasteiger partial charge >= 0.3 is 0 Å². The van der Waals surface area contributed by atoms with E-state index in [2.05, 4.69) is 17.1 Å². The molecule has 1 N–H and O–H groups in total. The van der Waals surface area contributed by atoms with E-state index in [4.69, 9.17) is 4.74 Å². The second kappa shape index (κ2) is 7.81. The van der Waals surface area contributed by atoms with Crippen LogP contribution in [0.15, 0.2) is 42.5 Å². The quantitative estimate of drug-likeness (QED) is 0.719. The highest BCUT2D eigenvalue weighted by Crippen LogP contribution is 2.28. The molecule has 30 heavy (non-hydrogen) atoms. The van der Waals surface area contributed by atoms with Gasteiger partial charge in [-0.3, -0.25) is 9.69 Å². The van der Waals surface area contributed by atoms with E-state index in [1.807, 2.05) is 21.9 Å². The van der Waals surface area contributed by atoms with E-state index in [1.165, 1.54) is 28.8 Å². The summed E-state index contributed by atoms with van der Waals surface area (Å²) in [6, 6.07) is 12.0. The zero-order chi connectivity index (χ0) is 20.7. The topological polar surface area (TPSA) is 48.6 Å². The first kappa shape index (κ1) is 19.2. The Morgan fingerprint density at radius 3 is 2.87 bits per heavy atom. The summed E-state index contributed by atoms with van der Waals surface area (Å²) in [5, 5.41) is 1.18. The minimum Gasteiger partial charge on any atom is -0.371 e. The molecule has 1 fully saturated rings. The van der Waals surface area contributed by atoms with Gasteiger partial charge in [0.2, 0.25) is 5.91 Å². The molecule has 7 heteroatoms. The van der Waals surface area contributed by atoms with Gasteiger partial charge in [-0.25, -0.2) is 8.78 Å². The summed E-state index contributed by atoms with van der Waals surface area (Å²) in [7, 11) is 0. The standard InChI is InChI=1S/C23H23F2N3O2/c24-18-6-5-15(11-19(18)25)22-13-27(9-10-30-22)14-23(29)28-8-7-21-17(12-28)16-3-1-2-4-20(16)26-21/h1-6,11,22,26H,7-10,12-14H2. The van der Waals surface area contributed by atoms with E-state index in [0.29, 0.717) is 44.9 Å². The highest BCUT2D eigenvalue weighted by Gasteiger charge is 2.28. The average molecular weight is 411 g/mol. The second-order valence-corrected chi connectivity index (χ2v) is 7.96. The molecular weight excluding hydrogens is 388 g/mol. The minimum absolute atomic E-state index is 0.0804. The number of halogens is 2. The number of H-pyrrole nitrogens is 1. The number of benzene rings is 2. The number of nitrogens with one attached hydrogen (secondary N) is 1. The van der Waals surface area contributed by atoms with Crippen molar-refractivity contribution in [3.8, 4) is 0 Å². The van der Waals surface area contributed by atoms with E-state index < -0.39 is 11.6 Å². The molecule has 0 aliphatic carbocycles. The third-order valence-corrected chi connectivity index (χ3v) is 6.06. The molecule has 2 aliphatic rings. The molecule has 0 radical (unpaired) electrons.